The van der Waals surface area contributed by atoms with Gasteiger partial charge in [0.15, 0.2) is 0 Å². The Hall–Kier alpha value is -1.03. The van der Waals surface area contributed by atoms with Crippen LogP contribution in [0.3, 0.4) is 0 Å². The molecule has 104 valence electrons. The number of rotatable bonds is 2. The first-order valence-corrected chi connectivity index (χ1v) is 6.72. The Morgan fingerprint density at radius 1 is 1.33 bits per heavy atom. The topological polar surface area (TPSA) is 58.4 Å². The second-order valence-electron chi connectivity index (χ2n) is 6.39. The first kappa shape index (κ1) is 15.0. The molecule has 0 aromatic heterocycles. The summed E-state index contributed by atoms with van der Waals surface area (Å²) in [5, 5.41) is 2.84. The normalized spacial score (nSPS) is 23.3. The second kappa shape index (κ2) is 5.31. The molecule has 1 heterocycles. The van der Waals surface area contributed by atoms with Crippen LogP contribution in [0.5, 0.6) is 0 Å². The van der Waals surface area contributed by atoms with Crippen LogP contribution in [0.15, 0.2) is 12.3 Å². The molecule has 0 saturated carbocycles. The van der Waals surface area contributed by atoms with Crippen LogP contribution in [0, 0.1) is 0 Å². The monoisotopic (exact) mass is 253 g/mol. The fourth-order valence-electron chi connectivity index (χ4n) is 3.22. The molecule has 0 bridgehead atoms. The van der Waals surface area contributed by atoms with Crippen LogP contribution < -0.4 is 11.1 Å². The smallest absolute Gasteiger partial charge is 0.322 e. The van der Waals surface area contributed by atoms with Gasteiger partial charge in [0, 0.05) is 23.3 Å². The number of nitrogens with one attached hydrogen (secondary N) is 1. The molecule has 0 radical (unpaired) electrons. The van der Waals surface area contributed by atoms with Gasteiger partial charge in [-0.3, -0.25) is 0 Å². The lowest BCUT2D eigenvalue weighted by Crippen LogP contribution is -2.66. The largest absolute Gasteiger partial charge is 0.328 e. The predicted octanol–water partition coefficient (Wildman–Crippen LogP) is 2.60. The summed E-state index contributed by atoms with van der Waals surface area (Å²) in [6.07, 6.45) is 6.25. The van der Waals surface area contributed by atoms with Gasteiger partial charge in [-0.05, 0) is 47.0 Å². The summed E-state index contributed by atoms with van der Waals surface area (Å²) in [5.41, 5.74) is 5.66. The molecule has 1 saturated heterocycles. The van der Waals surface area contributed by atoms with E-state index in [1.165, 1.54) is 0 Å². The lowest BCUT2D eigenvalue weighted by atomic mass is 9.77. The molecule has 1 aliphatic rings. The van der Waals surface area contributed by atoms with Crippen molar-refractivity contribution in [1.82, 2.24) is 10.2 Å². The molecule has 3 N–H and O–H groups in total. The number of allylic oxidation sites excluding steroid dienone is 1. The lowest BCUT2D eigenvalue weighted by molar-refractivity contribution is 0.00442. The van der Waals surface area contributed by atoms with Gasteiger partial charge in [0.2, 0.25) is 0 Å². The van der Waals surface area contributed by atoms with E-state index in [1.54, 1.807) is 6.20 Å². The Bertz CT molecular complexity index is 316. The number of likely N-dealkylation sites (tertiary alicyclic amines) is 1. The highest BCUT2D eigenvalue weighted by molar-refractivity contribution is 5.77. The minimum absolute atomic E-state index is 0.0402. The molecule has 1 rings (SSSR count). The van der Waals surface area contributed by atoms with Gasteiger partial charge in [-0.1, -0.05) is 13.0 Å². The van der Waals surface area contributed by atoms with Crippen molar-refractivity contribution >= 4 is 6.03 Å². The zero-order valence-corrected chi connectivity index (χ0v) is 12.3. The standard InChI is InChI=1S/C14H27N3O/c1-6-7-8-16-12(18)17-13(2,3)9-11(15)10-14(17,4)5/h7-8,11H,6,9-10,15H2,1-5H3,(H,16,18)/b8-7+. The lowest BCUT2D eigenvalue weighted by Gasteiger charge is -2.54. The summed E-state index contributed by atoms with van der Waals surface area (Å²) in [4.78, 5) is 14.3. The molecule has 0 aliphatic carbocycles. The van der Waals surface area contributed by atoms with Gasteiger partial charge in [-0.2, -0.15) is 0 Å². The minimum atomic E-state index is -0.217. The average molecular weight is 253 g/mol. The fraction of sp³-hybridized carbons (Fsp3) is 0.786. The summed E-state index contributed by atoms with van der Waals surface area (Å²) in [6, 6.07) is 0.117. The summed E-state index contributed by atoms with van der Waals surface area (Å²) in [7, 11) is 0. The number of hydrogen-bond acceptors (Lipinski definition) is 2. The second-order valence-corrected chi connectivity index (χ2v) is 6.39. The van der Waals surface area contributed by atoms with E-state index in [4.69, 9.17) is 5.73 Å². The minimum Gasteiger partial charge on any atom is -0.328 e. The third-order valence-electron chi connectivity index (χ3n) is 3.50. The molecule has 1 aliphatic heterocycles. The SMILES string of the molecule is CC/C=C/NC(=O)N1C(C)(C)CC(N)CC1(C)C. The number of hydrogen-bond donors (Lipinski definition) is 2. The van der Waals surface area contributed by atoms with Gasteiger partial charge in [0.1, 0.15) is 0 Å². The Balaban J connectivity index is 2.88. The van der Waals surface area contributed by atoms with Crippen LogP contribution >= 0.6 is 0 Å². The van der Waals surface area contributed by atoms with Gasteiger partial charge in [-0.15, -0.1) is 0 Å². The van der Waals surface area contributed by atoms with E-state index in [0.29, 0.717) is 0 Å². The van der Waals surface area contributed by atoms with Crippen molar-refractivity contribution in [2.75, 3.05) is 0 Å². The van der Waals surface area contributed by atoms with E-state index < -0.39 is 0 Å². The molecular formula is C14H27N3O. The van der Waals surface area contributed by atoms with E-state index in [2.05, 4.69) is 33.0 Å². The zero-order valence-electron chi connectivity index (χ0n) is 12.3. The summed E-state index contributed by atoms with van der Waals surface area (Å²) in [6.45, 7) is 10.4. The Morgan fingerprint density at radius 2 is 1.83 bits per heavy atom. The average Bonchev–Trinajstić information content (AvgIpc) is 2.12. The van der Waals surface area contributed by atoms with Crippen molar-refractivity contribution < 1.29 is 4.79 Å². The molecule has 4 heteroatoms. The van der Waals surface area contributed by atoms with Gasteiger partial charge in [0.05, 0.1) is 0 Å². The van der Waals surface area contributed by atoms with Crippen molar-refractivity contribution in [2.24, 2.45) is 5.73 Å². The van der Waals surface area contributed by atoms with Crippen molar-refractivity contribution in [3.8, 4) is 0 Å². The van der Waals surface area contributed by atoms with Gasteiger partial charge in [0.25, 0.3) is 0 Å². The summed E-state index contributed by atoms with van der Waals surface area (Å²) in [5.74, 6) is 0. The maximum atomic E-state index is 12.3. The summed E-state index contributed by atoms with van der Waals surface area (Å²) < 4.78 is 0. The van der Waals surface area contributed by atoms with Crippen LogP contribution in [0.1, 0.15) is 53.9 Å². The van der Waals surface area contributed by atoms with E-state index in [0.717, 1.165) is 19.3 Å². The molecule has 0 aromatic carbocycles. The van der Waals surface area contributed by atoms with Gasteiger partial charge in [-0.25, -0.2) is 4.79 Å². The Kier molecular flexibility index (Phi) is 4.43. The number of carbonyl (C=O) groups is 1. The number of piperidine rings is 1. The highest BCUT2D eigenvalue weighted by atomic mass is 16.2. The van der Waals surface area contributed by atoms with Crippen molar-refractivity contribution in [1.29, 1.82) is 0 Å². The maximum Gasteiger partial charge on any atom is 0.322 e. The maximum absolute atomic E-state index is 12.3. The first-order valence-electron chi connectivity index (χ1n) is 6.72. The highest BCUT2D eigenvalue weighted by Gasteiger charge is 2.46. The van der Waals surface area contributed by atoms with Crippen molar-refractivity contribution in [3.63, 3.8) is 0 Å². The number of amides is 2. The molecular weight excluding hydrogens is 226 g/mol. The number of carbonyl (C=O) groups excluding carboxylic acids is 1. The molecule has 0 unspecified atom stereocenters. The van der Waals surface area contributed by atoms with Crippen LogP contribution in [-0.2, 0) is 0 Å². The third kappa shape index (κ3) is 3.25. The molecule has 2 amide bonds. The quantitative estimate of drug-likeness (QED) is 0.794. The molecule has 0 spiro atoms. The summed E-state index contributed by atoms with van der Waals surface area (Å²) >= 11 is 0. The molecule has 0 aromatic rings. The molecule has 4 nitrogen and oxygen atoms in total. The van der Waals surface area contributed by atoms with Crippen molar-refractivity contribution in [3.05, 3.63) is 12.3 Å². The van der Waals surface area contributed by atoms with Crippen LogP contribution in [0.4, 0.5) is 4.79 Å². The molecule has 18 heavy (non-hydrogen) atoms. The van der Waals surface area contributed by atoms with E-state index >= 15 is 0 Å². The van der Waals surface area contributed by atoms with Gasteiger partial charge < -0.3 is 16.0 Å². The van der Waals surface area contributed by atoms with E-state index in [9.17, 15) is 4.79 Å². The molecule has 1 fully saturated rings. The predicted molar refractivity (Wildman–Crippen MR) is 75.2 cm³/mol. The third-order valence-corrected chi connectivity index (χ3v) is 3.50. The number of nitrogens with two attached hydrogens (primary N) is 1. The molecule has 0 atom stereocenters. The van der Waals surface area contributed by atoms with Crippen LogP contribution in [-0.4, -0.2) is 28.1 Å². The number of urea groups is 1. The fourth-order valence-corrected chi connectivity index (χ4v) is 3.22. The van der Waals surface area contributed by atoms with E-state index in [1.807, 2.05) is 17.9 Å². The first-order chi connectivity index (χ1) is 8.20. The zero-order chi connectivity index (χ0) is 14.0. The van der Waals surface area contributed by atoms with Crippen LogP contribution in [0.25, 0.3) is 0 Å². The van der Waals surface area contributed by atoms with E-state index in [-0.39, 0.29) is 23.2 Å². The number of nitrogens with zero attached hydrogens (tertiary/aromatic N) is 1. The van der Waals surface area contributed by atoms with Gasteiger partial charge >= 0.3 is 6.03 Å². The Labute approximate surface area is 111 Å². The Morgan fingerprint density at radius 3 is 2.28 bits per heavy atom. The van der Waals surface area contributed by atoms with Crippen LogP contribution in [0.2, 0.25) is 0 Å². The van der Waals surface area contributed by atoms with Crippen molar-refractivity contribution in [2.45, 2.75) is 71.0 Å². The highest BCUT2D eigenvalue weighted by Crippen LogP contribution is 2.37.